The normalized spacial score (nSPS) is 18.0. The molecule has 1 aliphatic heterocycles. The molecule has 1 fully saturated rings. The zero-order valence-corrected chi connectivity index (χ0v) is 12.8. The van der Waals surface area contributed by atoms with E-state index in [0.717, 1.165) is 11.4 Å². The van der Waals surface area contributed by atoms with E-state index in [-0.39, 0.29) is 18.6 Å². The molecule has 2 N–H and O–H groups in total. The van der Waals surface area contributed by atoms with Gasteiger partial charge in [0.2, 0.25) is 0 Å². The number of urea groups is 1. The molecule has 21 heavy (non-hydrogen) atoms. The summed E-state index contributed by atoms with van der Waals surface area (Å²) in [6.07, 6.45) is 2.50. The quantitative estimate of drug-likeness (QED) is 0.866. The van der Waals surface area contributed by atoms with Crippen LogP contribution in [0.25, 0.3) is 0 Å². The molecule has 1 unspecified atom stereocenters. The summed E-state index contributed by atoms with van der Waals surface area (Å²) < 4.78 is 0. The van der Waals surface area contributed by atoms with Crippen LogP contribution in [0.4, 0.5) is 4.79 Å². The maximum atomic E-state index is 12.2. The van der Waals surface area contributed by atoms with E-state index in [0.29, 0.717) is 26.2 Å². The SMILES string of the molecule is CC(NC(=O)N1CCCN(CC(=O)O)CC1)c1nccs1. The number of aromatic nitrogens is 1. The Hall–Kier alpha value is -1.67. The lowest BCUT2D eigenvalue weighted by Crippen LogP contribution is -2.43. The minimum atomic E-state index is -0.828. The molecule has 2 amide bonds. The van der Waals surface area contributed by atoms with Crippen LogP contribution in [0.1, 0.15) is 24.4 Å². The van der Waals surface area contributed by atoms with Crippen molar-refractivity contribution in [3.63, 3.8) is 0 Å². The first-order chi connectivity index (χ1) is 10.1. The van der Waals surface area contributed by atoms with Crippen molar-refractivity contribution in [2.45, 2.75) is 19.4 Å². The summed E-state index contributed by atoms with van der Waals surface area (Å²) in [6.45, 7) is 4.43. The maximum absolute atomic E-state index is 12.2. The number of aliphatic carboxylic acids is 1. The van der Waals surface area contributed by atoms with E-state index in [9.17, 15) is 9.59 Å². The van der Waals surface area contributed by atoms with Gasteiger partial charge < -0.3 is 15.3 Å². The predicted molar refractivity (Wildman–Crippen MR) is 79.3 cm³/mol. The second-order valence-electron chi connectivity index (χ2n) is 5.05. The zero-order valence-electron chi connectivity index (χ0n) is 12.0. The summed E-state index contributed by atoms with van der Waals surface area (Å²) in [5.41, 5.74) is 0. The van der Waals surface area contributed by atoms with Crippen molar-refractivity contribution < 1.29 is 14.7 Å². The number of nitrogens with one attached hydrogen (secondary N) is 1. The molecule has 2 rings (SSSR count). The highest BCUT2D eigenvalue weighted by Crippen LogP contribution is 2.15. The molecule has 8 heteroatoms. The third-order valence-corrected chi connectivity index (χ3v) is 4.35. The van der Waals surface area contributed by atoms with Gasteiger partial charge in [-0.05, 0) is 13.3 Å². The second kappa shape index (κ2) is 7.37. The molecule has 1 aliphatic rings. The number of carbonyl (C=O) groups is 2. The fourth-order valence-electron chi connectivity index (χ4n) is 2.31. The summed E-state index contributed by atoms with van der Waals surface area (Å²) in [7, 11) is 0. The Morgan fingerprint density at radius 2 is 2.24 bits per heavy atom. The number of hydrogen-bond donors (Lipinski definition) is 2. The van der Waals surface area contributed by atoms with Crippen LogP contribution in [0.3, 0.4) is 0 Å². The first-order valence-electron chi connectivity index (χ1n) is 6.95. The minimum Gasteiger partial charge on any atom is -0.480 e. The van der Waals surface area contributed by atoms with Crippen molar-refractivity contribution in [3.05, 3.63) is 16.6 Å². The number of hydrogen-bond acceptors (Lipinski definition) is 5. The molecule has 0 bridgehead atoms. The van der Waals surface area contributed by atoms with Crippen LogP contribution in [0, 0.1) is 0 Å². The van der Waals surface area contributed by atoms with Crippen molar-refractivity contribution in [2.24, 2.45) is 0 Å². The number of thiazole rings is 1. The number of carboxylic acid groups (broad SMARTS) is 1. The lowest BCUT2D eigenvalue weighted by molar-refractivity contribution is -0.138. The van der Waals surface area contributed by atoms with E-state index in [2.05, 4.69) is 10.3 Å². The van der Waals surface area contributed by atoms with Crippen molar-refractivity contribution in [1.82, 2.24) is 20.1 Å². The van der Waals surface area contributed by atoms with Crippen LogP contribution in [-0.4, -0.2) is 64.6 Å². The zero-order chi connectivity index (χ0) is 15.2. The Kier molecular flexibility index (Phi) is 5.51. The average Bonchev–Trinajstić information content (AvgIpc) is 2.86. The van der Waals surface area contributed by atoms with Crippen molar-refractivity contribution >= 4 is 23.3 Å². The average molecular weight is 312 g/mol. The lowest BCUT2D eigenvalue weighted by Gasteiger charge is -2.23. The molecule has 1 aromatic heterocycles. The molecule has 0 aliphatic carbocycles. The van der Waals surface area contributed by atoms with Gasteiger partial charge in [-0.25, -0.2) is 9.78 Å². The number of rotatable bonds is 4. The summed E-state index contributed by atoms with van der Waals surface area (Å²) >= 11 is 1.51. The molecule has 0 radical (unpaired) electrons. The van der Waals surface area contributed by atoms with Gasteiger partial charge in [-0.15, -0.1) is 11.3 Å². The molecular weight excluding hydrogens is 292 g/mol. The van der Waals surface area contributed by atoms with Crippen molar-refractivity contribution in [2.75, 3.05) is 32.7 Å². The largest absolute Gasteiger partial charge is 0.480 e. The van der Waals surface area contributed by atoms with E-state index in [1.165, 1.54) is 11.3 Å². The van der Waals surface area contributed by atoms with Crippen molar-refractivity contribution in [1.29, 1.82) is 0 Å². The van der Waals surface area contributed by atoms with Gasteiger partial charge in [0.05, 0.1) is 12.6 Å². The van der Waals surface area contributed by atoms with E-state index in [1.54, 1.807) is 11.1 Å². The molecule has 0 saturated carbocycles. The molecule has 1 atom stereocenters. The number of carbonyl (C=O) groups excluding carboxylic acids is 1. The molecule has 1 aromatic rings. The van der Waals surface area contributed by atoms with Crippen LogP contribution in [0.2, 0.25) is 0 Å². The van der Waals surface area contributed by atoms with E-state index >= 15 is 0 Å². The summed E-state index contributed by atoms with van der Waals surface area (Å²) in [4.78, 5) is 30.8. The maximum Gasteiger partial charge on any atom is 0.317 e. The topological polar surface area (TPSA) is 85.8 Å². The van der Waals surface area contributed by atoms with Gasteiger partial charge in [-0.1, -0.05) is 0 Å². The molecule has 0 spiro atoms. The molecular formula is C13H20N4O3S. The molecule has 1 saturated heterocycles. The van der Waals surface area contributed by atoms with Gasteiger partial charge >= 0.3 is 12.0 Å². The summed E-state index contributed by atoms with van der Waals surface area (Å²) in [6, 6.07) is -0.231. The van der Waals surface area contributed by atoms with Crippen LogP contribution >= 0.6 is 11.3 Å². The standard InChI is InChI=1S/C13H20N4O3S/c1-10(12-14-3-8-21-12)15-13(20)17-5-2-4-16(6-7-17)9-11(18)19/h3,8,10H,2,4-7,9H2,1H3,(H,15,20)(H,18,19). The van der Waals surface area contributed by atoms with E-state index in [1.807, 2.05) is 17.2 Å². The Bertz CT molecular complexity index is 480. The van der Waals surface area contributed by atoms with Crippen LogP contribution in [-0.2, 0) is 4.79 Å². The van der Waals surface area contributed by atoms with Gasteiger partial charge in [0.25, 0.3) is 0 Å². The van der Waals surface area contributed by atoms with E-state index < -0.39 is 5.97 Å². The minimum absolute atomic E-state index is 0.0327. The molecule has 116 valence electrons. The third-order valence-electron chi connectivity index (χ3n) is 3.40. The van der Waals surface area contributed by atoms with Crippen LogP contribution in [0.15, 0.2) is 11.6 Å². The van der Waals surface area contributed by atoms with Gasteiger partial charge in [-0.3, -0.25) is 9.69 Å². The smallest absolute Gasteiger partial charge is 0.317 e. The van der Waals surface area contributed by atoms with Gasteiger partial charge in [-0.2, -0.15) is 0 Å². The number of carboxylic acids is 1. The van der Waals surface area contributed by atoms with E-state index in [4.69, 9.17) is 5.11 Å². The Morgan fingerprint density at radius 3 is 2.90 bits per heavy atom. The first-order valence-corrected chi connectivity index (χ1v) is 7.83. The monoisotopic (exact) mass is 312 g/mol. The fourth-order valence-corrected chi connectivity index (χ4v) is 2.96. The third kappa shape index (κ3) is 4.68. The summed E-state index contributed by atoms with van der Waals surface area (Å²) in [5.74, 6) is -0.828. The number of nitrogens with zero attached hydrogens (tertiary/aromatic N) is 3. The predicted octanol–water partition coefficient (Wildman–Crippen LogP) is 1.01. The summed E-state index contributed by atoms with van der Waals surface area (Å²) in [5, 5.41) is 14.5. The molecule has 7 nitrogen and oxygen atoms in total. The number of amides is 2. The Balaban J connectivity index is 1.84. The van der Waals surface area contributed by atoms with Crippen LogP contribution < -0.4 is 5.32 Å². The van der Waals surface area contributed by atoms with Crippen molar-refractivity contribution in [3.8, 4) is 0 Å². The Labute approximate surface area is 127 Å². The highest BCUT2D eigenvalue weighted by Gasteiger charge is 2.22. The first kappa shape index (κ1) is 15.7. The van der Waals surface area contributed by atoms with Crippen LogP contribution in [0.5, 0.6) is 0 Å². The lowest BCUT2D eigenvalue weighted by atomic mass is 10.3. The van der Waals surface area contributed by atoms with Gasteiger partial charge in [0.1, 0.15) is 5.01 Å². The second-order valence-corrected chi connectivity index (χ2v) is 5.98. The fraction of sp³-hybridized carbons (Fsp3) is 0.615. The molecule has 0 aromatic carbocycles. The van der Waals surface area contributed by atoms with Gasteiger partial charge in [0, 0.05) is 37.8 Å². The highest BCUT2D eigenvalue weighted by molar-refractivity contribution is 7.09. The molecule has 2 heterocycles. The van der Waals surface area contributed by atoms with Gasteiger partial charge in [0.15, 0.2) is 0 Å². The highest BCUT2D eigenvalue weighted by atomic mass is 32.1. The Morgan fingerprint density at radius 1 is 1.43 bits per heavy atom.